The van der Waals surface area contributed by atoms with E-state index in [1.54, 1.807) is 17.9 Å². The number of carbonyl (C=O) groups is 2. The van der Waals surface area contributed by atoms with Gasteiger partial charge in [-0.1, -0.05) is 6.07 Å². The first-order chi connectivity index (χ1) is 13.1. The van der Waals surface area contributed by atoms with E-state index >= 15 is 0 Å². The Bertz CT molecular complexity index is 807. The van der Waals surface area contributed by atoms with Crippen molar-refractivity contribution in [3.8, 4) is 0 Å². The van der Waals surface area contributed by atoms with Gasteiger partial charge >= 0.3 is 6.09 Å². The molecule has 0 saturated carbocycles. The molecule has 0 aliphatic carbocycles. The summed E-state index contributed by atoms with van der Waals surface area (Å²) in [6.45, 7) is 4.38. The smallest absolute Gasteiger partial charge is 0.409 e. The zero-order chi connectivity index (χ0) is 19.2. The van der Waals surface area contributed by atoms with Crippen molar-refractivity contribution in [1.82, 2.24) is 14.9 Å². The second-order valence-corrected chi connectivity index (χ2v) is 5.90. The fourth-order valence-corrected chi connectivity index (χ4v) is 2.70. The standard InChI is InChI=1S/C18H20FN5O3/c1-2-27-18(26)24-8-6-23(7-9-24)16-12-20-15(11-21-16)17(25)22-14-5-3-4-13(19)10-14/h3-5,10-12H,2,6-9H2,1H3,(H,22,25). The first-order valence-corrected chi connectivity index (χ1v) is 8.62. The molecule has 2 aromatic rings. The Kier molecular flexibility index (Phi) is 5.80. The third-order valence-electron chi connectivity index (χ3n) is 4.08. The van der Waals surface area contributed by atoms with E-state index in [0.29, 0.717) is 44.3 Å². The van der Waals surface area contributed by atoms with Gasteiger partial charge < -0.3 is 19.9 Å². The summed E-state index contributed by atoms with van der Waals surface area (Å²) >= 11 is 0. The van der Waals surface area contributed by atoms with Gasteiger partial charge in [-0.05, 0) is 25.1 Å². The molecule has 2 amide bonds. The SMILES string of the molecule is CCOC(=O)N1CCN(c2cnc(C(=O)Nc3cccc(F)c3)cn2)CC1. The zero-order valence-electron chi connectivity index (χ0n) is 14.9. The van der Waals surface area contributed by atoms with E-state index in [-0.39, 0.29) is 11.8 Å². The molecule has 1 aromatic heterocycles. The molecule has 0 atom stereocenters. The first kappa shape index (κ1) is 18.6. The Morgan fingerprint density at radius 1 is 1.19 bits per heavy atom. The number of benzene rings is 1. The molecule has 1 N–H and O–H groups in total. The highest BCUT2D eigenvalue weighted by atomic mass is 19.1. The van der Waals surface area contributed by atoms with Crippen LogP contribution < -0.4 is 10.2 Å². The van der Waals surface area contributed by atoms with E-state index < -0.39 is 11.7 Å². The van der Waals surface area contributed by atoms with Crippen LogP contribution in [0.3, 0.4) is 0 Å². The first-order valence-electron chi connectivity index (χ1n) is 8.62. The number of ether oxygens (including phenoxy) is 1. The molecular weight excluding hydrogens is 353 g/mol. The van der Waals surface area contributed by atoms with Crippen molar-refractivity contribution in [2.24, 2.45) is 0 Å². The molecule has 0 spiro atoms. The fourth-order valence-electron chi connectivity index (χ4n) is 2.70. The lowest BCUT2D eigenvalue weighted by molar-refractivity contribution is 0.101. The van der Waals surface area contributed by atoms with Gasteiger partial charge in [0.25, 0.3) is 5.91 Å². The Labute approximate surface area is 156 Å². The van der Waals surface area contributed by atoms with Crippen LogP contribution in [0, 0.1) is 5.82 Å². The maximum atomic E-state index is 13.2. The molecule has 1 saturated heterocycles. The Balaban J connectivity index is 1.57. The van der Waals surface area contributed by atoms with E-state index in [1.807, 2.05) is 4.90 Å². The van der Waals surface area contributed by atoms with Gasteiger partial charge in [-0.15, -0.1) is 0 Å². The third kappa shape index (κ3) is 4.69. The number of amides is 2. The summed E-state index contributed by atoms with van der Waals surface area (Å²) in [7, 11) is 0. The van der Waals surface area contributed by atoms with Crippen LogP contribution in [-0.4, -0.2) is 59.7 Å². The van der Waals surface area contributed by atoms with E-state index in [2.05, 4.69) is 15.3 Å². The van der Waals surface area contributed by atoms with Crippen LogP contribution >= 0.6 is 0 Å². The Morgan fingerprint density at radius 2 is 1.96 bits per heavy atom. The second-order valence-electron chi connectivity index (χ2n) is 5.90. The summed E-state index contributed by atoms with van der Waals surface area (Å²) in [6, 6.07) is 5.62. The Morgan fingerprint density at radius 3 is 2.59 bits per heavy atom. The van der Waals surface area contributed by atoms with E-state index in [4.69, 9.17) is 4.74 Å². The number of carbonyl (C=O) groups excluding carboxylic acids is 2. The van der Waals surface area contributed by atoms with Gasteiger partial charge in [-0.2, -0.15) is 0 Å². The van der Waals surface area contributed by atoms with Crippen LogP contribution in [0.4, 0.5) is 20.7 Å². The summed E-state index contributed by atoms with van der Waals surface area (Å²) in [5.41, 5.74) is 0.481. The van der Waals surface area contributed by atoms with E-state index in [0.717, 1.165) is 0 Å². The number of piperazine rings is 1. The van der Waals surface area contributed by atoms with Gasteiger partial charge in [0.1, 0.15) is 17.3 Å². The number of nitrogens with one attached hydrogen (secondary N) is 1. The lowest BCUT2D eigenvalue weighted by Gasteiger charge is -2.34. The number of halogens is 1. The summed E-state index contributed by atoms with van der Waals surface area (Å²) in [5.74, 6) is -0.274. The predicted octanol–water partition coefficient (Wildman–Crippen LogP) is 2.15. The van der Waals surface area contributed by atoms with E-state index in [9.17, 15) is 14.0 Å². The van der Waals surface area contributed by atoms with Crippen molar-refractivity contribution in [2.75, 3.05) is 43.0 Å². The molecule has 1 aromatic carbocycles. The van der Waals surface area contributed by atoms with Crippen LogP contribution in [0.25, 0.3) is 0 Å². The molecule has 142 valence electrons. The van der Waals surface area contributed by atoms with Gasteiger partial charge in [0.05, 0.1) is 19.0 Å². The Hall–Kier alpha value is -3.23. The molecule has 0 radical (unpaired) electrons. The maximum absolute atomic E-state index is 13.2. The summed E-state index contributed by atoms with van der Waals surface area (Å²) < 4.78 is 18.2. The van der Waals surface area contributed by atoms with Gasteiger partial charge in [0, 0.05) is 31.9 Å². The number of hydrogen-bond acceptors (Lipinski definition) is 6. The highest BCUT2D eigenvalue weighted by molar-refractivity contribution is 6.02. The van der Waals surface area contributed by atoms with Gasteiger partial charge in [-0.25, -0.2) is 19.2 Å². The molecule has 0 bridgehead atoms. The minimum Gasteiger partial charge on any atom is -0.450 e. The normalized spacial score (nSPS) is 14.0. The number of hydrogen-bond donors (Lipinski definition) is 1. The fraction of sp³-hybridized carbons (Fsp3) is 0.333. The largest absolute Gasteiger partial charge is 0.450 e. The molecule has 3 rings (SSSR count). The minimum atomic E-state index is -0.466. The second kappa shape index (κ2) is 8.43. The molecule has 1 fully saturated rings. The lowest BCUT2D eigenvalue weighted by atomic mass is 10.3. The number of rotatable bonds is 4. The van der Waals surface area contributed by atoms with Crippen molar-refractivity contribution >= 4 is 23.5 Å². The van der Waals surface area contributed by atoms with Crippen molar-refractivity contribution in [3.63, 3.8) is 0 Å². The van der Waals surface area contributed by atoms with Crippen molar-refractivity contribution in [3.05, 3.63) is 48.2 Å². The molecule has 1 aliphatic heterocycles. The lowest BCUT2D eigenvalue weighted by Crippen LogP contribution is -2.49. The topological polar surface area (TPSA) is 87.7 Å². The van der Waals surface area contributed by atoms with Crippen LogP contribution in [0.1, 0.15) is 17.4 Å². The maximum Gasteiger partial charge on any atom is 0.409 e. The summed E-state index contributed by atoms with van der Waals surface area (Å²) in [6.07, 6.45) is 2.58. The van der Waals surface area contributed by atoms with Crippen LogP contribution in [-0.2, 0) is 4.74 Å². The van der Waals surface area contributed by atoms with Gasteiger partial charge in [-0.3, -0.25) is 4.79 Å². The van der Waals surface area contributed by atoms with Gasteiger partial charge in [0.15, 0.2) is 0 Å². The van der Waals surface area contributed by atoms with Crippen LogP contribution in [0.2, 0.25) is 0 Å². The van der Waals surface area contributed by atoms with Crippen molar-refractivity contribution < 1.29 is 18.7 Å². The highest BCUT2D eigenvalue weighted by Gasteiger charge is 2.23. The molecule has 27 heavy (non-hydrogen) atoms. The molecule has 9 heteroatoms. The quantitative estimate of drug-likeness (QED) is 0.884. The van der Waals surface area contributed by atoms with Crippen LogP contribution in [0.5, 0.6) is 0 Å². The highest BCUT2D eigenvalue weighted by Crippen LogP contribution is 2.14. The van der Waals surface area contributed by atoms with E-state index in [1.165, 1.54) is 30.6 Å². The molecule has 0 unspecified atom stereocenters. The molecular formula is C18H20FN5O3. The van der Waals surface area contributed by atoms with Crippen molar-refractivity contribution in [2.45, 2.75) is 6.92 Å². The third-order valence-corrected chi connectivity index (χ3v) is 4.08. The zero-order valence-corrected chi connectivity index (χ0v) is 14.9. The minimum absolute atomic E-state index is 0.133. The molecule has 1 aliphatic rings. The summed E-state index contributed by atoms with van der Waals surface area (Å²) in [4.78, 5) is 36.0. The predicted molar refractivity (Wildman–Crippen MR) is 97.2 cm³/mol. The average molecular weight is 373 g/mol. The van der Waals surface area contributed by atoms with Crippen LogP contribution in [0.15, 0.2) is 36.7 Å². The number of anilines is 2. The van der Waals surface area contributed by atoms with Gasteiger partial charge in [0.2, 0.25) is 0 Å². The summed E-state index contributed by atoms with van der Waals surface area (Å²) in [5, 5.41) is 2.58. The average Bonchev–Trinajstić information content (AvgIpc) is 2.68. The number of nitrogens with zero attached hydrogens (tertiary/aromatic N) is 4. The molecule has 8 nitrogen and oxygen atoms in total. The molecule has 2 heterocycles. The monoisotopic (exact) mass is 373 g/mol. The van der Waals surface area contributed by atoms with Crippen molar-refractivity contribution in [1.29, 1.82) is 0 Å². The number of aromatic nitrogens is 2.